The van der Waals surface area contributed by atoms with Crippen LogP contribution in [0.2, 0.25) is 0 Å². The van der Waals surface area contributed by atoms with Crippen molar-refractivity contribution in [1.82, 2.24) is 10.2 Å². The van der Waals surface area contributed by atoms with Crippen LogP contribution < -0.4 is 5.32 Å². The average molecular weight is 226 g/mol. The van der Waals surface area contributed by atoms with E-state index < -0.39 is 0 Å². The Labute approximate surface area is 102 Å². The largest absolute Gasteiger partial charge is 0.315 e. The van der Waals surface area contributed by atoms with E-state index in [1.54, 1.807) is 0 Å². The molecule has 1 N–H and O–H groups in total. The smallest absolute Gasteiger partial charge is 0.0107 e. The molecular formula is C14H30N2. The molecule has 1 atom stereocenters. The normalized spacial score (nSPS) is 20.2. The molecule has 0 amide bonds. The van der Waals surface area contributed by atoms with Gasteiger partial charge in [-0.3, -0.25) is 0 Å². The highest BCUT2D eigenvalue weighted by atomic mass is 15.1. The molecule has 0 radical (unpaired) electrons. The average Bonchev–Trinajstić information content (AvgIpc) is 2.68. The Morgan fingerprint density at radius 2 is 1.75 bits per heavy atom. The molecule has 0 bridgehead atoms. The van der Waals surface area contributed by atoms with Gasteiger partial charge in [0.15, 0.2) is 0 Å². The summed E-state index contributed by atoms with van der Waals surface area (Å²) < 4.78 is 0. The maximum Gasteiger partial charge on any atom is 0.0107 e. The number of rotatable bonds is 6. The van der Waals surface area contributed by atoms with Crippen LogP contribution in [0, 0.1) is 11.3 Å². The third-order valence-electron chi connectivity index (χ3n) is 4.04. The SMILES string of the molecule is CC(CCNCCN1CCCC1)C(C)(C)C. The van der Waals surface area contributed by atoms with Gasteiger partial charge in [-0.15, -0.1) is 0 Å². The van der Waals surface area contributed by atoms with Gasteiger partial charge in [-0.1, -0.05) is 27.7 Å². The number of nitrogens with zero attached hydrogens (tertiary/aromatic N) is 1. The number of likely N-dealkylation sites (tertiary alicyclic amines) is 1. The second-order valence-corrected chi connectivity index (χ2v) is 6.35. The Hall–Kier alpha value is -0.0800. The zero-order valence-corrected chi connectivity index (χ0v) is 11.7. The van der Waals surface area contributed by atoms with Crippen LogP contribution in [0.25, 0.3) is 0 Å². The molecular weight excluding hydrogens is 196 g/mol. The van der Waals surface area contributed by atoms with Crippen molar-refractivity contribution in [3.63, 3.8) is 0 Å². The van der Waals surface area contributed by atoms with Crippen LogP contribution in [0.15, 0.2) is 0 Å². The van der Waals surface area contributed by atoms with Crippen molar-refractivity contribution < 1.29 is 0 Å². The van der Waals surface area contributed by atoms with Gasteiger partial charge in [-0.05, 0) is 50.2 Å². The molecule has 0 spiro atoms. The molecule has 1 rings (SSSR count). The Bertz CT molecular complexity index is 178. The summed E-state index contributed by atoms with van der Waals surface area (Å²) in [4.78, 5) is 2.57. The van der Waals surface area contributed by atoms with E-state index >= 15 is 0 Å². The van der Waals surface area contributed by atoms with Crippen LogP contribution in [0.4, 0.5) is 0 Å². The second kappa shape index (κ2) is 6.61. The van der Waals surface area contributed by atoms with Crippen molar-refractivity contribution in [2.45, 2.75) is 47.0 Å². The third-order valence-corrected chi connectivity index (χ3v) is 4.04. The Balaban J connectivity index is 1.95. The fourth-order valence-corrected chi connectivity index (χ4v) is 2.12. The fraction of sp³-hybridized carbons (Fsp3) is 1.00. The molecule has 1 aliphatic heterocycles. The molecule has 1 heterocycles. The number of hydrogen-bond donors (Lipinski definition) is 1. The van der Waals surface area contributed by atoms with Crippen LogP contribution in [0.3, 0.4) is 0 Å². The predicted molar refractivity (Wildman–Crippen MR) is 71.8 cm³/mol. The lowest BCUT2D eigenvalue weighted by Gasteiger charge is -2.27. The quantitative estimate of drug-likeness (QED) is 0.701. The number of nitrogens with one attached hydrogen (secondary N) is 1. The van der Waals surface area contributed by atoms with E-state index in [1.165, 1.54) is 45.4 Å². The van der Waals surface area contributed by atoms with Crippen molar-refractivity contribution in [1.29, 1.82) is 0 Å². The highest BCUT2D eigenvalue weighted by molar-refractivity contribution is 4.71. The standard InChI is InChI=1S/C14H30N2/c1-13(14(2,3)4)7-8-15-9-12-16-10-5-6-11-16/h13,15H,5-12H2,1-4H3. The Morgan fingerprint density at radius 1 is 1.12 bits per heavy atom. The van der Waals surface area contributed by atoms with Gasteiger partial charge in [0.1, 0.15) is 0 Å². The van der Waals surface area contributed by atoms with E-state index in [2.05, 4.69) is 37.9 Å². The lowest BCUT2D eigenvalue weighted by Crippen LogP contribution is -2.31. The first-order chi connectivity index (χ1) is 7.50. The lowest BCUT2D eigenvalue weighted by atomic mass is 9.80. The molecule has 2 heteroatoms. The molecule has 1 aliphatic rings. The van der Waals surface area contributed by atoms with Gasteiger partial charge in [0, 0.05) is 13.1 Å². The van der Waals surface area contributed by atoms with Crippen molar-refractivity contribution in [3.05, 3.63) is 0 Å². The topological polar surface area (TPSA) is 15.3 Å². The molecule has 1 fully saturated rings. The predicted octanol–water partition coefficient (Wildman–Crippen LogP) is 2.74. The van der Waals surface area contributed by atoms with E-state index in [4.69, 9.17) is 0 Å². The minimum Gasteiger partial charge on any atom is -0.315 e. The minimum absolute atomic E-state index is 0.455. The van der Waals surface area contributed by atoms with E-state index in [0.29, 0.717) is 5.41 Å². The van der Waals surface area contributed by atoms with Crippen molar-refractivity contribution >= 4 is 0 Å². The van der Waals surface area contributed by atoms with Gasteiger partial charge in [0.2, 0.25) is 0 Å². The van der Waals surface area contributed by atoms with Crippen LogP contribution in [0.1, 0.15) is 47.0 Å². The summed E-state index contributed by atoms with van der Waals surface area (Å²) in [6.45, 7) is 15.6. The van der Waals surface area contributed by atoms with E-state index in [9.17, 15) is 0 Å². The van der Waals surface area contributed by atoms with Crippen LogP contribution in [0.5, 0.6) is 0 Å². The molecule has 16 heavy (non-hydrogen) atoms. The lowest BCUT2D eigenvalue weighted by molar-refractivity contribution is 0.243. The molecule has 0 aromatic rings. The van der Waals surface area contributed by atoms with Gasteiger partial charge < -0.3 is 10.2 Å². The first kappa shape index (κ1) is 14.0. The van der Waals surface area contributed by atoms with Crippen molar-refractivity contribution in [2.75, 3.05) is 32.7 Å². The van der Waals surface area contributed by atoms with Crippen LogP contribution in [-0.2, 0) is 0 Å². The highest BCUT2D eigenvalue weighted by Crippen LogP contribution is 2.27. The van der Waals surface area contributed by atoms with Crippen molar-refractivity contribution in [3.8, 4) is 0 Å². The summed E-state index contributed by atoms with van der Waals surface area (Å²) in [6.07, 6.45) is 4.10. The summed E-state index contributed by atoms with van der Waals surface area (Å²) in [7, 11) is 0. The van der Waals surface area contributed by atoms with Crippen molar-refractivity contribution in [2.24, 2.45) is 11.3 Å². The fourth-order valence-electron chi connectivity index (χ4n) is 2.12. The first-order valence-electron chi connectivity index (χ1n) is 6.93. The Morgan fingerprint density at radius 3 is 2.31 bits per heavy atom. The molecule has 0 aromatic carbocycles. The summed E-state index contributed by atoms with van der Waals surface area (Å²) >= 11 is 0. The molecule has 0 saturated carbocycles. The maximum absolute atomic E-state index is 3.57. The summed E-state index contributed by atoms with van der Waals surface area (Å²) in [6, 6.07) is 0. The van der Waals surface area contributed by atoms with Gasteiger partial charge in [0.25, 0.3) is 0 Å². The van der Waals surface area contributed by atoms with Gasteiger partial charge in [-0.2, -0.15) is 0 Å². The molecule has 0 aromatic heterocycles. The molecule has 1 unspecified atom stereocenters. The molecule has 1 saturated heterocycles. The van der Waals surface area contributed by atoms with Gasteiger partial charge in [0.05, 0.1) is 0 Å². The van der Waals surface area contributed by atoms with Crippen LogP contribution in [-0.4, -0.2) is 37.6 Å². The van der Waals surface area contributed by atoms with Gasteiger partial charge >= 0.3 is 0 Å². The second-order valence-electron chi connectivity index (χ2n) is 6.35. The highest BCUT2D eigenvalue weighted by Gasteiger charge is 2.19. The summed E-state index contributed by atoms with van der Waals surface area (Å²) in [5.41, 5.74) is 0.455. The minimum atomic E-state index is 0.455. The third kappa shape index (κ3) is 5.31. The van der Waals surface area contributed by atoms with E-state index in [-0.39, 0.29) is 0 Å². The first-order valence-corrected chi connectivity index (χ1v) is 6.93. The summed E-state index contributed by atoms with van der Waals surface area (Å²) in [5.74, 6) is 0.798. The summed E-state index contributed by atoms with van der Waals surface area (Å²) in [5, 5.41) is 3.57. The molecule has 96 valence electrons. The molecule has 0 aliphatic carbocycles. The van der Waals surface area contributed by atoms with Gasteiger partial charge in [-0.25, -0.2) is 0 Å². The van der Waals surface area contributed by atoms with Crippen LogP contribution >= 0.6 is 0 Å². The zero-order valence-electron chi connectivity index (χ0n) is 11.7. The van der Waals surface area contributed by atoms with E-state index in [0.717, 1.165) is 12.5 Å². The maximum atomic E-state index is 3.57. The van der Waals surface area contributed by atoms with E-state index in [1.807, 2.05) is 0 Å². The Kier molecular flexibility index (Phi) is 5.77. The zero-order chi connectivity index (χ0) is 12.0. The molecule has 2 nitrogen and oxygen atoms in total. The monoisotopic (exact) mass is 226 g/mol. The number of hydrogen-bond acceptors (Lipinski definition) is 2.